The highest BCUT2D eigenvalue weighted by molar-refractivity contribution is 9.11. The van der Waals surface area contributed by atoms with Gasteiger partial charge in [0.15, 0.2) is 0 Å². The summed E-state index contributed by atoms with van der Waals surface area (Å²) in [6.07, 6.45) is 1.69. The van der Waals surface area contributed by atoms with Crippen molar-refractivity contribution >= 4 is 26.7 Å². The molecule has 2 nitrogen and oxygen atoms in total. The number of benzene rings is 1. The number of rotatable bonds is 5. The molecule has 0 amide bonds. The molecule has 0 heterocycles. The zero-order chi connectivity index (χ0) is 12.1. The molecule has 0 bridgehead atoms. The standard InChI is InChI=1S/C12H16BrNOS/c1-10(13)8-14(2)9-11-4-6-12(7-5-11)16(3)15/h4-7H,1,8-9H2,2-3H3/t16-/m0/s1. The Morgan fingerprint density at radius 2 is 2.00 bits per heavy atom. The zero-order valence-corrected chi connectivity index (χ0v) is 12.0. The topological polar surface area (TPSA) is 20.3 Å². The third kappa shape index (κ3) is 4.60. The van der Waals surface area contributed by atoms with Crippen LogP contribution in [0.1, 0.15) is 5.56 Å². The highest BCUT2D eigenvalue weighted by Crippen LogP contribution is 2.11. The van der Waals surface area contributed by atoms with Crippen molar-refractivity contribution in [2.24, 2.45) is 0 Å². The molecule has 0 N–H and O–H groups in total. The normalized spacial score (nSPS) is 12.8. The SMILES string of the molecule is C=C(Br)CN(C)Cc1ccc([S@](C)=O)cc1. The third-order valence-corrected chi connectivity index (χ3v) is 3.34. The lowest BCUT2D eigenvalue weighted by Crippen LogP contribution is -2.18. The summed E-state index contributed by atoms with van der Waals surface area (Å²) in [5.74, 6) is 0. The van der Waals surface area contributed by atoms with E-state index in [-0.39, 0.29) is 0 Å². The molecule has 0 fully saturated rings. The summed E-state index contributed by atoms with van der Waals surface area (Å²) >= 11 is 3.34. The molecule has 0 unspecified atom stereocenters. The van der Waals surface area contributed by atoms with Crippen LogP contribution in [0.3, 0.4) is 0 Å². The molecule has 1 atom stereocenters. The average molecular weight is 302 g/mol. The molecule has 0 saturated heterocycles. The van der Waals surface area contributed by atoms with Crippen LogP contribution in [0.4, 0.5) is 0 Å². The molecule has 0 saturated carbocycles. The Labute approximate surface area is 108 Å². The van der Waals surface area contributed by atoms with Crippen LogP contribution in [0, 0.1) is 0 Å². The smallest absolute Gasteiger partial charge is 0.0498 e. The van der Waals surface area contributed by atoms with E-state index >= 15 is 0 Å². The lowest BCUT2D eigenvalue weighted by Gasteiger charge is -2.15. The Hall–Kier alpha value is -0.450. The minimum atomic E-state index is -0.894. The molecule has 88 valence electrons. The van der Waals surface area contributed by atoms with Gasteiger partial charge in [-0.25, -0.2) is 0 Å². The second-order valence-corrected chi connectivity index (χ2v) is 6.29. The van der Waals surface area contributed by atoms with Crippen molar-refractivity contribution in [2.75, 3.05) is 19.8 Å². The first kappa shape index (κ1) is 13.6. The van der Waals surface area contributed by atoms with Gasteiger partial charge in [0.2, 0.25) is 0 Å². The molecule has 0 aromatic heterocycles. The monoisotopic (exact) mass is 301 g/mol. The molecule has 0 radical (unpaired) electrons. The summed E-state index contributed by atoms with van der Waals surface area (Å²) in [6, 6.07) is 7.87. The van der Waals surface area contributed by atoms with Gasteiger partial charge in [-0.15, -0.1) is 0 Å². The average Bonchev–Trinajstić information content (AvgIpc) is 2.16. The Bertz CT molecular complexity index is 389. The molecule has 4 heteroatoms. The van der Waals surface area contributed by atoms with Gasteiger partial charge in [-0.3, -0.25) is 9.11 Å². The van der Waals surface area contributed by atoms with Crippen LogP contribution in [0.25, 0.3) is 0 Å². The van der Waals surface area contributed by atoms with Gasteiger partial charge in [-0.1, -0.05) is 34.6 Å². The Morgan fingerprint density at radius 1 is 1.44 bits per heavy atom. The summed E-state index contributed by atoms with van der Waals surface area (Å²) in [6.45, 7) is 5.49. The van der Waals surface area contributed by atoms with E-state index in [0.29, 0.717) is 0 Å². The summed E-state index contributed by atoms with van der Waals surface area (Å²) in [5, 5.41) is 0. The maximum absolute atomic E-state index is 11.2. The number of hydrogen-bond acceptors (Lipinski definition) is 2. The number of nitrogens with zero attached hydrogens (tertiary/aromatic N) is 1. The molecule has 16 heavy (non-hydrogen) atoms. The van der Waals surface area contributed by atoms with Crippen LogP contribution in [0.5, 0.6) is 0 Å². The van der Waals surface area contributed by atoms with E-state index in [2.05, 4.69) is 27.4 Å². The van der Waals surface area contributed by atoms with Gasteiger partial charge in [0.25, 0.3) is 0 Å². The van der Waals surface area contributed by atoms with Crippen LogP contribution >= 0.6 is 15.9 Å². The highest BCUT2D eigenvalue weighted by Gasteiger charge is 2.02. The predicted octanol–water partition coefficient (Wildman–Crippen LogP) is 2.76. The van der Waals surface area contributed by atoms with Gasteiger partial charge in [-0.05, 0) is 24.7 Å². The molecule has 1 rings (SSSR count). The maximum atomic E-state index is 11.2. The summed E-state index contributed by atoms with van der Waals surface area (Å²) in [5.41, 5.74) is 1.21. The molecule has 1 aromatic rings. The molecule has 0 aliphatic carbocycles. The van der Waals surface area contributed by atoms with E-state index in [1.165, 1.54) is 5.56 Å². The van der Waals surface area contributed by atoms with Crippen molar-refractivity contribution in [3.8, 4) is 0 Å². The van der Waals surface area contributed by atoms with E-state index in [1.807, 2.05) is 31.3 Å². The van der Waals surface area contributed by atoms with Crippen LogP contribution in [-0.2, 0) is 17.3 Å². The Morgan fingerprint density at radius 3 is 2.44 bits per heavy atom. The van der Waals surface area contributed by atoms with Crippen molar-refractivity contribution in [1.82, 2.24) is 4.90 Å². The van der Waals surface area contributed by atoms with Crippen LogP contribution in [0.15, 0.2) is 40.2 Å². The van der Waals surface area contributed by atoms with Gasteiger partial charge in [0.05, 0.1) is 0 Å². The molecule has 0 aliphatic heterocycles. The van der Waals surface area contributed by atoms with Gasteiger partial charge < -0.3 is 0 Å². The maximum Gasteiger partial charge on any atom is 0.0498 e. The first-order valence-electron chi connectivity index (χ1n) is 4.93. The van der Waals surface area contributed by atoms with Gasteiger partial charge >= 0.3 is 0 Å². The first-order valence-corrected chi connectivity index (χ1v) is 7.28. The highest BCUT2D eigenvalue weighted by atomic mass is 79.9. The van der Waals surface area contributed by atoms with E-state index in [9.17, 15) is 4.21 Å². The number of hydrogen-bond donors (Lipinski definition) is 0. The van der Waals surface area contributed by atoms with E-state index < -0.39 is 10.8 Å². The van der Waals surface area contributed by atoms with Crippen molar-refractivity contribution in [3.05, 3.63) is 40.9 Å². The Kier molecular flexibility index (Phi) is 5.38. The van der Waals surface area contributed by atoms with Gasteiger partial charge in [-0.2, -0.15) is 0 Å². The second kappa shape index (κ2) is 6.33. The molecular weight excluding hydrogens is 286 g/mol. The van der Waals surface area contributed by atoms with Gasteiger partial charge in [0.1, 0.15) is 0 Å². The summed E-state index contributed by atoms with van der Waals surface area (Å²) in [7, 11) is 1.15. The van der Waals surface area contributed by atoms with E-state index in [0.717, 1.165) is 22.5 Å². The Balaban J connectivity index is 2.61. The fourth-order valence-electron chi connectivity index (χ4n) is 1.45. The first-order chi connectivity index (χ1) is 7.49. The minimum absolute atomic E-state index is 0.821. The number of likely N-dealkylation sites (N-methyl/N-ethyl adjacent to an activating group) is 1. The van der Waals surface area contributed by atoms with Crippen LogP contribution in [-0.4, -0.2) is 29.0 Å². The number of halogens is 1. The van der Waals surface area contributed by atoms with E-state index in [4.69, 9.17) is 0 Å². The largest absolute Gasteiger partial charge is 0.297 e. The van der Waals surface area contributed by atoms with Crippen LogP contribution < -0.4 is 0 Å². The predicted molar refractivity (Wildman–Crippen MR) is 73.2 cm³/mol. The van der Waals surface area contributed by atoms with E-state index in [1.54, 1.807) is 6.26 Å². The fourth-order valence-corrected chi connectivity index (χ4v) is 2.39. The molecule has 0 spiro atoms. The lowest BCUT2D eigenvalue weighted by molar-refractivity contribution is 0.362. The van der Waals surface area contributed by atoms with Crippen molar-refractivity contribution in [1.29, 1.82) is 0 Å². The molecule has 0 aliphatic rings. The summed E-state index contributed by atoms with van der Waals surface area (Å²) < 4.78 is 12.2. The third-order valence-electron chi connectivity index (χ3n) is 2.15. The second-order valence-electron chi connectivity index (χ2n) is 3.79. The quantitative estimate of drug-likeness (QED) is 0.833. The van der Waals surface area contributed by atoms with Gasteiger partial charge in [0, 0.05) is 39.5 Å². The van der Waals surface area contributed by atoms with Crippen molar-refractivity contribution in [3.63, 3.8) is 0 Å². The summed E-state index contributed by atoms with van der Waals surface area (Å²) in [4.78, 5) is 3.03. The molecular formula is C12H16BrNOS. The fraction of sp³-hybridized carbons (Fsp3) is 0.333. The zero-order valence-electron chi connectivity index (χ0n) is 9.57. The van der Waals surface area contributed by atoms with Crippen LogP contribution in [0.2, 0.25) is 0 Å². The minimum Gasteiger partial charge on any atom is -0.297 e. The van der Waals surface area contributed by atoms with Crippen molar-refractivity contribution in [2.45, 2.75) is 11.4 Å². The molecule has 1 aromatic carbocycles. The lowest BCUT2D eigenvalue weighted by atomic mass is 10.2. The van der Waals surface area contributed by atoms with Crippen molar-refractivity contribution < 1.29 is 4.21 Å².